The van der Waals surface area contributed by atoms with Gasteiger partial charge in [-0.2, -0.15) is 0 Å². The first-order valence-corrected chi connectivity index (χ1v) is 6.47. The van der Waals surface area contributed by atoms with E-state index in [9.17, 15) is 0 Å². The van der Waals surface area contributed by atoms with Crippen LogP contribution < -0.4 is 0 Å². The van der Waals surface area contributed by atoms with Gasteiger partial charge in [0.2, 0.25) is 0 Å². The van der Waals surface area contributed by atoms with Gasteiger partial charge in [-0.15, -0.1) is 0 Å². The molecule has 0 unspecified atom stereocenters. The third-order valence-corrected chi connectivity index (χ3v) is 3.47. The number of nitrogens with zero attached hydrogens (tertiary/aromatic N) is 1. The Hall–Kier alpha value is -0.120. The molecular formula is C13H27NO2. The molecule has 16 heavy (non-hydrogen) atoms. The minimum absolute atomic E-state index is 0.141. The average molecular weight is 229 g/mol. The van der Waals surface area contributed by atoms with Crippen molar-refractivity contribution in [3.63, 3.8) is 0 Å². The highest BCUT2D eigenvalue weighted by molar-refractivity contribution is 4.81. The van der Waals surface area contributed by atoms with Crippen LogP contribution in [0.4, 0.5) is 0 Å². The molecule has 1 rings (SSSR count). The highest BCUT2D eigenvalue weighted by Gasteiger charge is 2.26. The van der Waals surface area contributed by atoms with E-state index in [0.717, 1.165) is 18.9 Å². The van der Waals surface area contributed by atoms with Crippen LogP contribution in [0.3, 0.4) is 0 Å². The molecule has 0 aliphatic carbocycles. The molecule has 0 atom stereocenters. The predicted molar refractivity (Wildman–Crippen MR) is 66.6 cm³/mol. The zero-order chi connectivity index (χ0) is 12.0. The van der Waals surface area contributed by atoms with Crippen LogP contribution in [-0.4, -0.2) is 48.5 Å². The Morgan fingerprint density at radius 1 is 1.19 bits per heavy atom. The molecule has 1 aliphatic heterocycles. The molecule has 3 nitrogen and oxygen atoms in total. The van der Waals surface area contributed by atoms with E-state index < -0.39 is 0 Å². The largest absolute Gasteiger partial charge is 0.394 e. The summed E-state index contributed by atoms with van der Waals surface area (Å²) >= 11 is 0. The maximum absolute atomic E-state index is 8.60. The molecule has 0 spiro atoms. The summed E-state index contributed by atoms with van der Waals surface area (Å²) in [5.41, 5.74) is 0.318. The lowest BCUT2D eigenvalue weighted by Gasteiger charge is -2.40. The lowest BCUT2D eigenvalue weighted by atomic mass is 9.91. The maximum Gasteiger partial charge on any atom is 0.0697 e. The van der Waals surface area contributed by atoms with Gasteiger partial charge >= 0.3 is 0 Å². The zero-order valence-corrected chi connectivity index (χ0v) is 11.0. The fourth-order valence-corrected chi connectivity index (χ4v) is 2.31. The number of piperidine rings is 1. The third-order valence-electron chi connectivity index (χ3n) is 3.47. The summed E-state index contributed by atoms with van der Waals surface area (Å²) in [6.45, 7) is 10.7. The molecule has 0 radical (unpaired) electrons. The van der Waals surface area contributed by atoms with E-state index in [1.807, 2.05) is 0 Å². The van der Waals surface area contributed by atoms with Crippen molar-refractivity contribution < 1.29 is 9.84 Å². The maximum atomic E-state index is 8.60. The number of rotatable bonds is 5. The smallest absolute Gasteiger partial charge is 0.0697 e. The topological polar surface area (TPSA) is 32.7 Å². The molecule has 3 heteroatoms. The van der Waals surface area contributed by atoms with Gasteiger partial charge < -0.3 is 9.84 Å². The van der Waals surface area contributed by atoms with Crippen molar-refractivity contribution in [3.8, 4) is 0 Å². The summed E-state index contributed by atoms with van der Waals surface area (Å²) in [6.07, 6.45) is 3.73. The summed E-state index contributed by atoms with van der Waals surface area (Å²) < 4.78 is 5.32. The molecular weight excluding hydrogens is 202 g/mol. The van der Waals surface area contributed by atoms with Crippen LogP contribution in [0.25, 0.3) is 0 Å². The summed E-state index contributed by atoms with van der Waals surface area (Å²) in [4.78, 5) is 2.57. The van der Waals surface area contributed by atoms with Gasteiger partial charge in [-0.05, 0) is 59.0 Å². The molecule has 1 heterocycles. The van der Waals surface area contributed by atoms with Crippen molar-refractivity contribution >= 4 is 0 Å². The Kier molecular flexibility index (Phi) is 5.73. The predicted octanol–water partition coefficient (Wildman–Crippen LogP) is 1.90. The third kappa shape index (κ3) is 4.81. The Morgan fingerprint density at radius 2 is 1.81 bits per heavy atom. The van der Waals surface area contributed by atoms with Gasteiger partial charge in [0.15, 0.2) is 0 Å². The second-order valence-electron chi connectivity index (χ2n) is 5.73. The number of ether oxygens (including phenoxy) is 1. The number of hydrogen-bond acceptors (Lipinski definition) is 3. The molecule has 1 N–H and O–H groups in total. The highest BCUT2D eigenvalue weighted by atomic mass is 16.5. The van der Waals surface area contributed by atoms with E-state index in [2.05, 4.69) is 25.7 Å². The van der Waals surface area contributed by atoms with Gasteiger partial charge in [0, 0.05) is 12.1 Å². The standard InChI is InChI=1S/C13H27NO2/c1-13(2,3)14-7-4-12(5-8-14)6-10-16-11-9-15/h12,15H,4-11H2,1-3H3. The Balaban J connectivity index is 2.12. The number of aliphatic hydroxyl groups excluding tert-OH is 1. The van der Waals surface area contributed by atoms with E-state index in [0.29, 0.717) is 12.1 Å². The second kappa shape index (κ2) is 6.58. The van der Waals surface area contributed by atoms with Crippen molar-refractivity contribution in [2.45, 2.75) is 45.6 Å². The molecule has 96 valence electrons. The van der Waals surface area contributed by atoms with E-state index in [4.69, 9.17) is 9.84 Å². The normalized spacial score (nSPS) is 20.2. The lowest BCUT2D eigenvalue weighted by Crippen LogP contribution is -2.46. The zero-order valence-electron chi connectivity index (χ0n) is 11.0. The van der Waals surface area contributed by atoms with Gasteiger partial charge in [-0.1, -0.05) is 0 Å². The van der Waals surface area contributed by atoms with Crippen LogP contribution >= 0.6 is 0 Å². The fraction of sp³-hybridized carbons (Fsp3) is 1.00. The van der Waals surface area contributed by atoms with Gasteiger partial charge in [0.25, 0.3) is 0 Å². The first-order chi connectivity index (χ1) is 7.54. The minimum atomic E-state index is 0.141. The van der Waals surface area contributed by atoms with E-state index >= 15 is 0 Å². The first-order valence-electron chi connectivity index (χ1n) is 6.47. The summed E-state index contributed by atoms with van der Waals surface area (Å²) in [5, 5.41) is 8.60. The first kappa shape index (κ1) is 13.9. The van der Waals surface area contributed by atoms with Crippen LogP contribution in [0.1, 0.15) is 40.0 Å². The average Bonchev–Trinajstić information content (AvgIpc) is 2.24. The lowest BCUT2D eigenvalue weighted by molar-refractivity contribution is 0.0560. The molecule has 0 saturated carbocycles. The summed E-state index contributed by atoms with van der Waals surface area (Å²) in [6, 6.07) is 0. The van der Waals surface area contributed by atoms with Crippen LogP contribution in [0.5, 0.6) is 0 Å². The van der Waals surface area contributed by atoms with Gasteiger partial charge in [0.05, 0.1) is 13.2 Å². The number of likely N-dealkylation sites (tertiary alicyclic amines) is 1. The summed E-state index contributed by atoms with van der Waals surface area (Å²) in [5.74, 6) is 0.817. The Labute approximate surface area is 99.8 Å². The van der Waals surface area contributed by atoms with Gasteiger partial charge in [-0.25, -0.2) is 0 Å². The van der Waals surface area contributed by atoms with Crippen LogP contribution in [0.15, 0.2) is 0 Å². The molecule has 0 aromatic rings. The van der Waals surface area contributed by atoms with Crippen LogP contribution in [0.2, 0.25) is 0 Å². The van der Waals surface area contributed by atoms with Crippen molar-refractivity contribution in [2.24, 2.45) is 5.92 Å². The molecule has 0 aromatic heterocycles. The molecule has 0 amide bonds. The molecule has 1 saturated heterocycles. The van der Waals surface area contributed by atoms with Crippen LogP contribution in [-0.2, 0) is 4.74 Å². The Morgan fingerprint density at radius 3 is 2.31 bits per heavy atom. The highest BCUT2D eigenvalue weighted by Crippen LogP contribution is 2.25. The van der Waals surface area contributed by atoms with E-state index in [1.165, 1.54) is 25.9 Å². The SMILES string of the molecule is CC(C)(C)N1CCC(CCOCCO)CC1. The van der Waals surface area contributed by atoms with Crippen LogP contribution in [0, 0.1) is 5.92 Å². The molecule has 0 aromatic carbocycles. The van der Waals surface area contributed by atoms with Gasteiger partial charge in [0.1, 0.15) is 0 Å². The molecule has 1 fully saturated rings. The monoisotopic (exact) mass is 229 g/mol. The van der Waals surface area contributed by atoms with Gasteiger partial charge in [-0.3, -0.25) is 4.90 Å². The van der Waals surface area contributed by atoms with E-state index in [1.54, 1.807) is 0 Å². The second-order valence-corrected chi connectivity index (χ2v) is 5.73. The van der Waals surface area contributed by atoms with Crippen molar-refractivity contribution in [2.75, 3.05) is 32.9 Å². The van der Waals surface area contributed by atoms with E-state index in [-0.39, 0.29) is 6.61 Å². The van der Waals surface area contributed by atoms with Crippen molar-refractivity contribution in [3.05, 3.63) is 0 Å². The van der Waals surface area contributed by atoms with Crippen molar-refractivity contribution in [1.29, 1.82) is 0 Å². The van der Waals surface area contributed by atoms with Crippen molar-refractivity contribution in [1.82, 2.24) is 4.90 Å². The minimum Gasteiger partial charge on any atom is -0.394 e. The number of aliphatic hydroxyl groups is 1. The fourth-order valence-electron chi connectivity index (χ4n) is 2.31. The Bertz CT molecular complexity index is 181. The molecule has 1 aliphatic rings. The molecule has 0 bridgehead atoms. The summed E-state index contributed by atoms with van der Waals surface area (Å²) in [7, 11) is 0. The quantitative estimate of drug-likeness (QED) is 0.731. The number of hydrogen-bond donors (Lipinski definition) is 1.